The van der Waals surface area contributed by atoms with Gasteiger partial charge in [0.15, 0.2) is 0 Å². The molecule has 3 aromatic rings. The zero-order chi connectivity index (χ0) is 22.9. The number of benzene rings is 2. The molecule has 0 bridgehead atoms. The Kier molecular flexibility index (Phi) is 5.94. The number of likely N-dealkylation sites (tertiary alicyclic amines) is 1. The fraction of sp³-hybridized carbons (Fsp3) is 0.308. The van der Waals surface area contributed by atoms with Crippen LogP contribution in [0.1, 0.15) is 35.2 Å². The number of aromatic nitrogens is 1. The molecular weight excluding hydrogens is 441 g/mol. The molecule has 2 amide bonds. The normalized spacial score (nSPS) is 19.0. The maximum absolute atomic E-state index is 13.5. The Morgan fingerprint density at radius 2 is 1.88 bits per heavy atom. The third-order valence-electron chi connectivity index (χ3n) is 6.66. The summed E-state index contributed by atoms with van der Waals surface area (Å²) < 4.78 is 13.5. The van der Waals surface area contributed by atoms with Gasteiger partial charge in [-0.15, -0.1) is 0 Å². The van der Waals surface area contributed by atoms with Crippen LogP contribution in [0, 0.1) is 11.7 Å². The average molecular weight is 466 g/mol. The Morgan fingerprint density at radius 1 is 1.06 bits per heavy atom. The molecule has 1 unspecified atom stereocenters. The molecule has 1 aromatic heterocycles. The highest BCUT2D eigenvalue weighted by atomic mass is 35.5. The van der Waals surface area contributed by atoms with Crippen molar-refractivity contribution in [2.75, 3.05) is 26.2 Å². The van der Waals surface area contributed by atoms with Crippen molar-refractivity contribution in [2.24, 2.45) is 5.92 Å². The predicted octanol–water partition coefficient (Wildman–Crippen LogP) is 5.13. The first-order chi connectivity index (χ1) is 16.0. The van der Waals surface area contributed by atoms with Gasteiger partial charge in [0.2, 0.25) is 5.91 Å². The van der Waals surface area contributed by atoms with E-state index in [9.17, 15) is 14.0 Å². The van der Waals surface area contributed by atoms with Crippen molar-refractivity contribution < 1.29 is 14.0 Å². The lowest BCUT2D eigenvalue weighted by Gasteiger charge is -2.36. The van der Waals surface area contributed by atoms with Crippen molar-refractivity contribution in [1.82, 2.24) is 14.8 Å². The fourth-order valence-corrected chi connectivity index (χ4v) is 5.00. The van der Waals surface area contributed by atoms with Crippen LogP contribution in [0.4, 0.5) is 4.39 Å². The van der Waals surface area contributed by atoms with Crippen molar-refractivity contribution in [3.8, 4) is 0 Å². The topological polar surface area (TPSA) is 56.4 Å². The summed E-state index contributed by atoms with van der Waals surface area (Å²) in [5, 5.41) is 1.58. The van der Waals surface area contributed by atoms with Gasteiger partial charge in [0, 0.05) is 59.4 Å². The monoisotopic (exact) mass is 465 g/mol. The third kappa shape index (κ3) is 4.40. The van der Waals surface area contributed by atoms with Crippen LogP contribution >= 0.6 is 11.6 Å². The lowest BCUT2D eigenvalue weighted by molar-refractivity contribution is -0.136. The molecule has 1 saturated heterocycles. The van der Waals surface area contributed by atoms with Crippen LogP contribution in [0.15, 0.2) is 54.7 Å². The van der Waals surface area contributed by atoms with Gasteiger partial charge in [-0.05, 0) is 67.3 Å². The first-order valence-corrected chi connectivity index (χ1v) is 11.7. The highest BCUT2D eigenvalue weighted by molar-refractivity contribution is 6.30. The van der Waals surface area contributed by atoms with E-state index in [2.05, 4.69) is 11.1 Å². The number of nitrogens with zero attached hydrogens (tertiary/aromatic N) is 2. The number of amides is 2. The van der Waals surface area contributed by atoms with E-state index in [1.54, 1.807) is 35.2 Å². The van der Waals surface area contributed by atoms with Gasteiger partial charge in [0.05, 0.1) is 5.92 Å². The number of halogens is 2. The van der Waals surface area contributed by atoms with Gasteiger partial charge in [0.1, 0.15) is 5.82 Å². The van der Waals surface area contributed by atoms with Crippen LogP contribution in [-0.4, -0.2) is 52.8 Å². The molecule has 7 heteroatoms. The van der Waals surface area contributed by atoms with Crippen molar-refractivity contribution in [3.63, 3.8) is 0 Å². The SMILES string of the molecule is O=C(c1ccc(Cl)cc1)N1CCCC(C(=O)N2CC=C(c3c[nH]c4cc(F)ccc34)CC2)C1. The number of carbonyl (C=O) groups excluding carboxylic acids is 2. The molecular formula is C26H25ClFN3O2. The van der Waals surface area contributed by atoms with Crippen molar-refractivity contribution in [2.45, 2.75) is 19.3 Å². The molecule has 2 aliphatic rings. The second-order valence-electron chi connectivity index (χ2n) is 8.75. The second kappa shape index (κ2) is 9.02. The third-order valence-corrected chi connectivity index (χ3v) is 6.91. The Morgan fingerprint density at radius 3 is 2.64 bits per heavy atom. The molecule has 2 aromatic carbocycles. The van der Waals surface area contributed by atoms with E-state index < -0.39 is 0 Å². The molecule has 170 valence electrons. The molecule has 5 nitrogen and oxygen atoms in total. The van der Waals surface area contributed by atoms with Gasteiger partial charge in [-0.3, -0.25) is 9.59 Å². The molecule has 0 radical (unpaired) electrons. The number of piperidine rings is 1. The number of H-pyrrole nitrogens is 1. The Hall–Kier alpha value is -3.12. The second-order valence-corrected chi connectivity index (χ2v) is 9.19. The summed E-state index contributed by atoms with van der Waals surface area (Å²) in [4.78, 5) is 32.9. The van der Waals surface area contributed by atoms with Crippen LogP contribution in [0.3, 0.4) is 0 Å². The van der Waals surface area contributed by atoms with Gasteiger partial charge in [-0.1, -0.05) is 17.7 Å². The number of hydrogen-bond donors (Lipinski definition) is 1. The van der Waals surface area contributed by atoms with Crippen molar-refractivity contribution in [1.29, 1.82) is 0 Å². The van der Waals surface area contributed by atoms with Crippen LogP contribution in [0.2, 0.25) is 5.02 Å². The number of rotatable bonds is 3. The number of hydrogen-bond acceptors (Lipinski definition) is 2. The number of fused-ring (bicyclic) bond motifs is 1. The summed E-state index contributed by atoms with van der Waals surface area (Å²) in [5.41, 5.74) is 3.60. The number of aromatic amines is 1. The minimum Gasteiger partial charge on any atom is -0.360 e. The molecule has 1 atom stereocenters. The molecule has 0 saturated carbocycles. The summed E-state index contributed by atoms with van der Waals surface area (Å²) in [6.07, 6.45) is 6.36. The maximum Gasteiger partial charge on any atom is 0.253 e. The summed E-state index contributed by atoms with van der Waals surface area (Å²) in [6.45, 7) is 2.29. The molecule has 33 heavy (non-hydrogen) atoms. The van der Waals surface area contributed by atoms with Crippen LogP contribution in [0.5, 0.6) is 0 Å². The number of nitrogens with one attached hydrogen (secondary N) is 1. The molecule has 0 spiro atoms. The van der Waals surface area contributed by atoms with E-state index >= 15 is 0 Å². The molecule has 3 heterocycles. The van der Waals surface area contributed by atoms with Gasteiger partial charge in [-0.25, -0.2) is 4.39 Å². The Balaban J connectivity index is 1.25. The van der Waals surface area contributed by atoms with Crippen molar-refractivity contribution in [3.05, 3.63) is 76.7 Å². The lowest BCUT2D eigenvalue weighted by atomic mass is 9.94. The molecule has 5 rings (SSSR count). The lowest BCUT2D eigenvalue weighted by Crippen LogP contribution is -2.47. The molecule has 0 aliphatic carbocycles. The highest BCUT2D eigenvalue weighted by Crippen LogP contribution is 2.30. The number of carbonyl (C=O) groups is 2. The zero-order valence-electron chi connectivity index (χ0n) is 18.2. The van der Waals surface area contributed by atoms with Gasteiger partial charge in [-0.2, -0.15) is 0 Å². The van der Waals surface area contributed by atoms with Gasteiger partial charge >= 0.3 is 0 Å². The van der Waals surface area contributed by atoms with E-state index in [1.165, 1.54) is 17.7 Å². The first-order valence-electron chi connectivity index (χ1n) is 11.3. The van der Waals surface area contributed by atoms with E-state index in [4.69, 9.17) is 11.6 Å². The van der Waals surface area contributed by atoms with E-state index in [1.807, 2.05) is 11.1 Å². The molecule has 1 fully saturated rings. The smallest absolute Gasteiger partial charge is 0.253 e. The molecule has 2 aliphatic heterocycles. The summed E-state index contributed by atoms with van der Waals surface area (Å²) >= 11 is 5.93. The van der Waals surface area contributed by atoms with E-state index in [0.29, 0.717) is 36.8 Å². The largest absolute Gasteiger partial charge is 0.360 e. The van der Waals surface area contributed by atoms with Crippen LogP contribution < -0.4 is 0 Å². The molecule has 1 N–H and O–H groups in total. The summed E-state index contributed by atoms with van der Waals surface area (Å²) in [7, 11) is 0. The van der Waals surface area contributed by atoms with Crippen molar-refractivity contribution >= 4 is 39.9 Å². The van der Waals surface area contributed by atoms with Gasteiger partial charge < -0.3 is 14.8 Å². The minimum atomic E-state index is -0.263. The summed E-state index contributed by atoms with van der Waals surface area (Å²) in [5.74, 6) is -0.386. The maximum atomic E-state index is 13.5. The fourth-order valence-electron chi connectivity index (χ4n) is 4.87. The Labute approximate surface area is 196 Å². The average Bonchev–Trinajstić information content (AvgIpc) is 3.27. The predicted molar refractivity (Wildman–Crippen MR) is 128 cm³/mol. The Bertz CT molecular complexity index is 1230. The van der Waals surface area contributed by atoms with Gasteiger partial charge in [0.25, 0.3) is 5.91 Å². The zero-order valence-corrected chi connectivity index (χ0v) is 18.9. The van der Waals surface area contributed by atoms with Crippen LogP contribution in [0.25, 0.3) is 16.5 Å². The minimum absolute atomic E-state index is 0.0548. The van der Waals surface area contributed by atoms with Crippen LogP contribution in [-0.2, 0) is 4.79 Å². The summed E-state index contributed by atoms with van der Waals surface area (Å²) in [6, 6.07) is 11.6. The highest BCUT2D eigenvalue weighted by Gasteiger charge is 2.32. The standard InChI is InChI=1S/C26H25ClFN3O2/c27-20-5-3-18(4-6-20)25(32)31-11-1-2-19(16-31)26(33)30-12-9-17(10-13-30)23-15-29-24-14-21(28)7-8-22(23)24/h3-9,14-15,19,29H,1-2,10-13,16H2. The quantitative estimate of drug-likeness (QED) is 0.583. The van der Waals surface area contributed by atoms with E-state index in [0.717, 1.165) is 35.7 Å². The first kappa shape index (κ1) is 21.7. The van der Waals surface area contributed by atoms with E-state index in [-0.39, 0.29) is 23.5 Å².